The van der Waals surface area contributed by atoms with E-state index in [-0.39, 0.29) is 54.9 Å². The minimum atomic E-state index is -0.615. The molecule has 126 heavy (non-hydrogen) atoms. The molecule has 9 atom stereocenters. The van der Waals surface area contributed by atoms with Crippen molar-refractivity contribution in [2.75, 3.05) is 98.7 Å². The third-order valence-electron chi connectivity index (χ3n) is 24.6. The predicted octanol–water partition coefficient (Wildman–Crippen LogP) is 19.9. The Bertz CT molecular complexity index is 4390. The fourth-order valence-corrected chi connectivity index (χ4v) is 17.2. The van der Waals surface area contributed by atoms with E-state index in [9.17, 15) is 0 Å². The summed E-state index contributed by atoms with van der Waals surface area (Å²) in [5.74, 6) is -3.66. The summed E-state index contributed by atoms with van der Waals surface area (Å²) in [5, 5.41) is 0. The van der Waals surface area contributed by atoms with E-state index < -0.39 is 34.7 Å². The van der Waals surface area contributed by atoms with Crippen molar-refractivity contribution in [3.05, 3.63) is 319 Å². The zero-order chi connectivity index (χ0) is 87.5. The van der Waals surface area contributed by atoms with E-state index in [2.05, 4.69) is 233 Å². The molecule has 7 aliphatic heterocycles. The molecule has 7 saturated heterocycles. The maximum atomic E-state index is 6.87. The Morgan fingerprint density at radius 1 is 0.230 bits per heavy atom. The van der Waals surface area contributed by atoms with E-state index in [0.29, 0.717) is 99.1 Å². The van der Waals surface area contributed by atoms with Crippen LogP contribution in [0.5, 0.6) is 0 Å². The van der Waals surface area contributed by atoms with Gasteiger partial charge in [0, 0.05) is 58.9 Å². The lowest BCUT2D eigenvalue weighted by Gasteiger charge is -2.26. The first-order valence-corrected chi connectivity index (χ1v) is 45.1. The van der Waals surface area contributed by atoms with Crippen LogP contribution in [-0.2, 0) is 145 Å². The van der Waals surface area contributed by atoms with Crippen molar-refractivity contribution in [2.24, 2.45) is 0 Å². The summed E-state index contributed by atoms with van der Waals surface area (Å²) in [4.78, 5) is 7.87. The lowest BCUT2D eigenvalue weighted by Crippen LogP contribution is -2.35. The van der Waals surface area contributed by atoms with E-state index in [1.165, 1.54) is 16.7 Å². The van der Waals surface area contributed by atoms with E-state index >= 15 is 0 Å². The summed E-state index contributed by atoms with van der Waals surface area (Å²) in [6.45, 7) is 37.7. The van der Waals surface area contributed by atoms with Crippen molar-refractivity contribution < 1.29 is 85.3 Å². The van der Waals surface area contributed by atoms with Crippen LogP contribution >= 0.6 is 0 Å². The highest BCUT2D eigenvalue weighted by Crippen LogP contribution is 2.40. The Balaban J connectivity index is 0.619. The second kappa shape index (κ2) is 41.1. The summed E-state index contributed by atoms with van der Waals surface area (Å²) in [6.07, 6.45) is -1.70. The summed E-state index contributed by atoms with van der Waals surface area (Å²) < 4.78 is 113. The lowest BCUT2D eigenvalue weighted by atomic mass is 10.1. The molecule has 0 aromatic heterocycles. The van der Waals surface area contributed by atoms with Gasteiger partial charge >= 0.3 is 0 Å². The largest absolute Gasteiger partial charge is 0.374 e. The second-order valence-corrected chi connectivity index (χ2v) is 37.4. The van der Waals surface area contributed by atoms with Gasteiger partial charge in [-0.3, -0.25) is 14.7 Å². The lowest BCUT2D eigenvalue weighted by molar-refractivity contribution is -0.139. The average molecular weight is 1720 g/mol. The van der Waals surface area contributed by atoms with E-state index in [1.807, 2.05) is 83.1 Å². The predicted molar refractivity (Wildman–Crippen MR) is 479 cm³/mol. The molecule has 672 valence electrons. The van der Waals surface area contributed by atoms with Gasteiger partial charge in [0.15, 0.2) is 34.7 Å². The normalized spacial score (nSPS) is 23.7. The minimum absolute atomic E-state index is 0.108. The maximum absolute atomic E-state index is 6.87. The zero-order valence-electron chi connectivity index (χ0n) is 75.6. The van der Waals surface area contributed by atoms with E-state index in [0.717, 1.165) is 142 Å². The molecule has 0 radical (unpaired) electrons. The number of nitrogens with zero attached hydrogens (tertiary/aromatic N) is 3. The molecule has 0 unspecified atom stereocenters. The van der Waals surface area contributed by atoms with Gasteiger partial charge < -0.3 is 85.3 Å². The summed E-state index contributed by atoms with van der Waals surface area (Å²) in [6, 6.07) is 77.8. The van der Waals surface area contributed by atoms with E-state index in [4.69, 9.17) is 85.3 Å². The van der Waals surface area contributed by atoms with Crippen molar-refractivity contribution in [1.82, 2.24) is 14.7 Å². The first kappa shape index (κ1) is 91.5. The van der Waals surface area contributed by atoms with Crippen LogP contribution in [0, 0.1) is 0 Å². The van der Waals surface area contributed by atoms with E-state index in [1.54, 1.807) is 0 Å². The number of rotatable bonds is 36. The molecule has 16 rings (SSSR count). The molecule has 7 heterocycles. The van der Waals surface area contributed by atoms with Gasteiger partial charge in [0.25, 0.3) is 0 Å². The molecule has 0 amide bonds. The van der Waals surface area contributed by atoms with Crippen LogP contribution in [0.1, 0.15) is 238 Å². The Morgan fingerprint density at radius 2 is 0.397 bits per heavy atom. The van der Waals surface area contributed by atoms with Crippen LogP contribution in [0.2, 0.25) is 0 Å². The Kier molecular flexibility index (Phi) is 29.8. The van der Waals surface area contributed by atoms with Gasteiger partial charge in [0.05, 0.1) is 99.1 Å². The standard InChI is InChI=1S/C105H129N3O18/c1-100(2)115-67-94(121-100)85-37-19-76(20-38-85)58-109-64-91(112-61-79-25-43-88(44-26-79)97-70-118-103(7,8)124-97)82-31-13-73(14-32-82)55-106-49-51-107(56-74-15-33-83(34-16-74)92(113-62-80-27-45-89(46-28-80)98-71-119-104(9,10)125-98)65-110-59-77-21-39-86(40-22-77)95-68-116-101(3,4)122-95)53-54-108(52-50-106)57-75-17-35-84(36-18-75)93(114-63-81-29-47-90(48-30-81)99-72-120-105(11,12)126-99)66-111-60-78-23-41-87(42-24-78)96-69-117-102(5,6)123-96/h13-48,91-99H,49-72H2,1-12H3/t91-,92-,93-,94-,95-,96-,97-,98-,99-/m0/s1. The summed E-state index contributed by atoms with van der Waals surface area (Å²) in [7, 11) is 0. The van der Waals surface area contributed by atoms with Gasteiger partial charge in [-0.05, 0) is 183 Å². The molecular weight excluding hydrogens is 1590 g/mol. The van der Waals surface area contributed by atoms with Crippen molar-refractivity contribution in [2.45, 2.75) is 232 Å². The van der Waals surface area contributed by atoms with Gasteiger partial charge in [-0.15, -0.1) is 0 Å². The molecule has 0 aliphatic carbocycles. The third-order valence-corrected chi connectivity index (χ3v) is 24.6. The van der Waals surface area contributed by atoms with Crippen LogP contribution in [0.25, 0.3) is 0 Å². The summed E-state index contributed by atoms with van der Waals surface area (Å²) in [5.41, 5.74) is 19.7. The van der Waals surface area contributed by atoms with Gasteiger partial charge in [0.2, 0.25) is 0 Å². The average Bonchev–Trinajstić information content (AvgIpc) is 1.66. The van der Waals surface area contributed by atoms with Crippen LogP contribution in [0.15, 0.2) is 218 Å². The highest BCUT2D eigenvalue weighted by molar-refractivity contribution is 5.33. The van der Waals surface area contributed by atoms with Crippen LogP contribution in [-0.4, -0.2) is 148 Å². The van der Waals surface area contributed by atoms with Crippen LogP contribution < -0.4 is 0 Å². The topological polar surface area (TPSA) is 176 Å². The molecule has 21 nitrogen and oxygen atoms in total. The first-order chi connectivity index (χ1) is 60.6. The fourth-order valence-electron chi connectivity index (χ4n) is 17.2. The maximum Gasteiger partial charge on any atom is 0.163 e. The molecule has 0 saturated carbocycles. The SMILES string of the molecule is CC1(C)OC[C@@H](c2ccc(COC[C@H](OCc3ccc([C@@H]4COC(C)(C)O4)cc3)c3ccc(CN4CCN(Cc5ccc([C@H](COCc6ccc([C@@H]7COC(C)(C)O7)cc6)OCc6ccc([C@@H]7COC(C)(C)O7)cc6)cc5)CCN(Cc5ccc([C@H](COCc6ccc([C@@H]7COC(C)(C)O7)cc6)OCc6ccc([C@@H]7COC(C)(C)O7)cc6)cc5)CC4)cc3)cc2)O1. The van der Waals surface area contributed by atoms with Crippen LogP contribution in [0.3, 0.4) is 0 Å². The molecule has 0 N–H and O–H groups in total. The van der Waals surface area contributed by atoms with Crippen molar-refractivity contribution in [3.63, 3.8) is 0 Å². The number of benzene rings is 9. The van der Waals surface area contributed by atoms with Gasteiger partial charge in [-0.2, -0.15) is 0 Å². The molecule has 9 aromatic carbocycles. The molecule has 7 fully saturated rings. The second-order valence-electron chi connectivity index (χ2n) is 37.4. The number of hydrogen-bond acceptors (Lipinski definition) is 21. The van der Waals surface area contributed by atoms with Crippen molar-refractivity contribution >= 4 is 0 Å². The smallest absolute Gasteiger partial charge is 0.163 e. The first-order valence-electron chi connectivity index (χ1n) is 45.1. The molecule has 0 spiro atoms. The van der Waals surface area contributed by atoms with Crippen molar-refractivity contribution in [3.8, 4) is 0 Å². The highest BCUT2D eigenvalue weighted by Gasteiger charge is 2.39. The summed E-state index contributed by atoms with van der Waals surface area (Å²) >= 11 is 0. The van der Waals surface area contributed by atoms with Gasteiger partial charge in [-0.25, -0.2) is 0 Å². The van der Waals surface area contributed by atoms with Crippen LogP contribution in [0.4, 0.5) is 0 Å². The number of hydrogen-bond donors (Lipinski definition) is 0. The zero-order valence-corrected chi connectivity index (χ0v) is 75.6. The molecule has 7 aliphatic rings. The quantitative estimate of drug-likeness (QED) is 0.0362. The Hall–Kier alpha value is -7.86. The molecule has 9 aromatic rings. The highest BCUT2D eigenvalue weighted by atomic mass is 16.8. The Labute approximate surface area is 745 Å². The molecule has 0 bridgehead atoms. The monoisotopic (exact) mass is 1720 g/mol. The Morgan fingerprint density at radius 3 is 0.563 bits per heavy atom. The molecule has 21 heteroatoms. The minimum Gasteiger partial charge on any atom is -0.374 e. The fraction of sp³-hybridized carbons (Fsp3) is 0.486. The van der Waals surface area contributed by atoms with Gasteiger partial charge in [0.1, 0.15) is 54.9 Å². The number of ether oxygens (including phenoxy) is 18. The van der Waals surface area contributed by atoms with Crippen molar-refractivity contribution in [1.29, 1.82) is 0 Å². The molecular formula is C105H129N3O18. The van der Waals surface area contributed by atoms with Gasteiger partial charge in [-0.1, -0.05) is 218 Å². The third kappa shape index (κ3) is 25.8.